The van der Waals surface area contributed by atoms with E-state index in [1.54, 1.807) is 6.07 Å². The number of halogens is 3. The number of fused-ring (bicyclic) bond motifs is 1. The lowest BCUT2D eigenvalue weighted by Crippen LogP contribution is -2.46. The minimum atomic E-state index is -4.76. The van der Waals surface area contributed by atoms with Gasteiger partial charge in [-0.25, -0.2) is 0 Å². The highest BCUT2D eigenvalue weighted by Crippen LogP contribution is 2.29. The number of hydrogen-bond acceptors (Lipinski definition) is 3. The van der Waals surface area contributed by atoms with Crippen LogP contribution in [0, 0.1) is 0 Å². The van der Waals surface area contributed by atoms with Crippen LogP contribution in [0.2, 0.25) is 0 Å². The maximum absolute atomic E-state index is 13.3. The summed E-state index contributed by atoms with van der Waals surface area (Å²) in [4.78, 5) is 18.2. The molecule has 2 aromatic carbocycles. The van der Waals surface area contributed by atoms with Crippen LogP contribution < -0.4 is 10.1 Å². The molecule has 0 unspecified atom stereocenters. The van der Waals surface area contributed by atoms with Crippen molar-refractivity contribution >= 4 is 16.8 Å². The Bertz CT molecular complexity index is 1080. The molecule has 1 amide bonds. The molecule has 1 fully saturated rings. The summed E-state index contributed by atoms with van der Waals surface area (Å²) in [6.07, 6.45) is -0.841. The number of benzene rings is 2. The lowest BCUT2D eigenvalue weighted by atomic mass is 9.89. The molecule has 4 rings (SSSR count). The summed E-state index contributed by atoms with van der Waals surface area (Å²) in [6.45, 7) is 3.31. The van der Waals surface area contributed by atoms with Crippen molar-refractivity contribution in [2.75, 3.05) is 6.54 Å². The van der Waals surface area contributed by atoms with E-state index in [4.69, 9.17) is 0 Å². The number of alkyl halides is 3. The molecule has 1 aliphatic rings. The molecule has 1 heterocycles. The molecule has 2 atom stereocenters. The highest BCUT2D eigenvalue weighted by Gasteiger charge is 2.32. The van der Waals surface area contributed by atoms with Crippen LogP contribution >= 0.6 is 0 Å². The topological polar surface area (TPSA) is 57.4 Å². The lowest BCUT2D eigenvalue weighted by Gasteiger charge is -2.37. The van der Waals surface area contributed by atoms with Crippen molar-refractivity contribution in [2.24, 2.45) is 0 Å². The van der Waals surface area contributed by atoms with Crippen molar-refractivity contribution in [1.29, 1.82) is 0 Å². The Hall–Kier alpha value is -3.00. The third-order valence-corrected chi connectivity index (χ3v) is 6.18. The van der Waals surface area contributed by atoms with E-state index >= 15 is 0 Å². The predicted octanol–water partition coefficient (Wildman–Crippen LogP) is 5.63. The first-order chi connectivity index (χ1) is 15.8. The molecule has 3 aromatic rings. The van der Waals surface area contributed by atoms with E-state index in [0.29, 0.717) is 29.2 Å². The van der Waals surface area contributed by atoms with Crippen LogP contribution in [0.15, 0.2) is 54.6 Å². The zero-order valence-electron chi connectivity index (χ0n) is 18.5. The zero-order chi connectivity index (χ0) is 23.4. The molecular weight excluding hydrogens is 431 g/mol. The lowest BCUT2D eigenvalue weighted by molar-refractivity contribution is -0.274. The molecule has 2 N–H and O–H groups in total. The number of carbonyl (C=O) groups is 1. The van der Waals surface area contributed by atoms with E-state index in [1.165, 1.54) is 23.8 Å². The highest BCUT2D eigenvalue weighted by molar-refractivity contribution is 5.98. The van der Waals surface area contributed by atoms with Crippen molar-refractivity contribution in [2.45, 2.75) is 57.6 Å². The van der Waals surface area contributed by atoms with Gasteiger partial charge in [-0.1, -0.05) is 30.3 Å². The van der Waals surface area contributed by atoms with Crippen molar-refractivity contribution in [3.8, 4) is 5.75 Å². The first-order valence-corrected chi connectivity index (χ1v) is 11.3. The van der Waals surface area contributed by atoms with Crippen LogP contribution in [0.25, 0.3) is 10.9 Å². The third-order valence-electron chi connectivity index (χ3n) is 6.18. The molecule has 0 spiro atoms. The second-order valence-electron chi connectivity index (χ2n) is 8.45. The Kier molecular flexibility index (Phi) is 6.93. The van der Waals surface area contributed by atoms with Gasteiger partial charge in [-0.15, -0.1) is 13.2 Å². The normalized spacial score (nSPS) is 18.9. The fourth-order valence-electron chi connectivity index (χ4n) is 4.64. The molecule has 1 aliphatic carbocycles. The molecule has 33 heavy (non-hydrogen) atoms. The van der Waals surface area contributed by atoms with Gasteiger partial charge in [0.1, 0.15) is 11.4 Å². The number of ether oxygens (including phenoxy) is 1. The minimum Gasteiger partial charge on any atom is -0.406 e. The van der Waals surface area contributed by atoms with Crippen LogP contribution in [-0.2, 0) is 6.54 Å². The Labute approximate surface area is 190 Å². The Morgan fingerprint density at radius 1 is 1.15 bits per heavy atom. The molecule has 8 heteroatoms. The average molecular weight is 460 g/mol. The van der Waals surface area contributed by atoms with Crippen LogP contribution in [0.5, 0.6) is 5.75 Å². The summed E-state index contributed by atoms with van der Waals surface area (Å²) in [7, 11) is 0. The predicted molar refractivity (Wildman–Crippen MR) is 121 cm³/mol. The SMILES string of the molecule is CCN(C(=O)c1cc2cc(OC(F)(F)F)ccc2[nH]1)[C@H]1CCC[C@@H](NCc2ccccc2)C1. The first-order valence-electron chi connectivity index (χ1n) is 11.3. The maximum atomic E-state index is 13.3. The summed E-state index contributed by atoms with van der Waals surface area (Å²) >= 11 is 0. The molecule has 1 aromatic heterocycles. The largest absolute Gasteiger partial charge is 0.573 e. The van der Waals surface area contributed by atoms with Crippen molar-refractivity contribution in [1.82, 2.24) is 15.2 Å². The van der Waals surface area contributed by atoms with Gasteiger partial charge in [0.05, 0.1) is 0 Å². The number of nitrogens with zero attached hydrogens (tertiary/aromatic N) is 1. The number of rotatable bonds is 7. The van der Waals surface area contributed by atoms with Crippen LogP contribution in [0.1, 0.15) is 48.7 Å². The number of amides is 1. The standard InChI is InChI=1S/C25H28F3N3O2/c1-2-31(20-10-6-9-19(15-20)29-16-17-7-4-3-5-8-17)24(32)23-14-18-13-21(33-25(26,27)28)11-12-22(18)30-23/h3-5,7-8,11-14,19-20,29-30H,2,6,9-10,15-16H2,1H3/t19-,20+/m1/s1. The van der Waals surface area contributed by atoms with Gasteiger partial charge in [0.2, 0.25) is 0 Å². The molecule has 0 bridgehead atoms. The Morgan fingerprint density at radius 3 is 2.67 bits per heavy atom. The van der Waals surface area contributed by atoms with E-state index in [2.05, 4.69) is 27.2 Å². The molecule has 0 saturated heterocycles. The van der Waals surface area contributed by atoms with Gasteiger partial charge >= 0.3 is 6.36 Å². The van der Waals surface area contributed by atoms with E-state index in [0.717, 1.165) is 32.2 Å². The Morgan fingerprint density at radius 2 is 1.94 bits per heavy atom. The minimum absolute atomic E-state index is 0.111. The third kappa shape index (κ3) is 5.87. The quantitative estimate of drug-likeness (QED) is 0.482. The smallest absolute Gasteiger partial charge is 0.406 e. The van der Waals surface area contributed by atoms with Crippen LogP contribution in [0.4, 0.5) is 13.2 Å². The zero-order valence-corrected chi connectivity index (χ0v) is 18.5. The monoisotopic (exact) mass is 459 g/mol. The van der Waals surface area contributed by atoms with Gasteiger partial charge in [0.15, 0.2) is 0 Å². The molecule has 176 valence electrons. The molecule has 0 radical (unpaired) electrons. The molecule has 0 aliphatic heterocycles. The molecule has 1 saturated carbocycles. The van der Waals surface area contributed by atoms with Gasteiger partial charge in [-0.3, -0.25) is 4.79 Å². The van der Waals surface area contributed by atoms with Gasteiger partial charge in [-0.2, -0.15) is 0 Å². The van der Waals surface area contributed by atoms with E-state index < -0.39 is 6.36 Å². The number of nitrogens with one attached hydrogen (secondary N) is 2. The van der Waals surface area contributed by atoms with Gasteiger partial charge in [0.25, 0.3) is 5.91 Å². The number of hydrogen-bond donors (Lipinski definition) is 2. The number of aromatic amines is 1. The highest BCUT2D eigenvalue weighted by atomic mass is 19.4. The van der Waals surface area contributed by atoms with Gasteiger partial charge in [0, 0.05) is 36.1 Å². The van der Waals surface area contributed by atoms with Crippen molar-refractivity contribution in [3.05, 3.63) is 65.9 Å². The van der Waals surface area contributed by atoms with E-state index in [9.17, 15) is 18.0 Å². The molecule has 5 nitrogen and oxygen atoms in total. The van der Waals surface area contributed by atoms with Gasteiger partial charge in [-0.05, 0) is 62.4 Å². The van der Waals surface area contributed by atoms with Crippen molar-refractivity contribution < 1.29 is 22.7 Å². The average Bonchev–Trinajstić information content (AvgIpc) is 3.21. The van der Waals surface area contributed by atoms with Crippen molar-refractivity contribution in [3.63, 3.8) is 0 Å². The summed E-state index contributed by atoms with van der Waals surface area (Å²) in [5.41, 5.74) is 2.19. The Balaban J connectivity index is 1.44. The van der Waals surface area contributed by atoms with E-state index in [-0.39, 0.29) is 17.7 Å². The summed E-state index contributed by atoms with van der Waals surface area (Å²) in [5, 5.41) is 4.12. The fourth-order valence-corrected chi connectivity index (χ4v) is 4.64. The summed E-state index contributed by atoms with van der Waals surface area (Å²) in [5.74, 6) is -0.444. The van der Waals surface area contributed by atoms with Crippen LogP contribution in [0.3, 0.4) is 0 Å². The number of carbonyl (C=O) groups excluding carboxylic acids is 1. The van der Waals surface area contributed by atoms with Crippen LogP contribution in [-0.4, -0.2) is 40.8 Å². The maximum Gasteiger partial charge on any atom is 0.573 e. The summed E-state index contributed by atoms with van der Waals surface area (Å²) < 4.78 is 41.6. The molecular formula is C25H28F3N3O2. The first kappa shape index (κ1) is 23.2. The second-order valence-corrected chi connectivity index (χ2v) is 8.45. The number of aromatic nitrogens is 1. The number of H-pyrrole nitrogens is 1. The summed E-state index contributed by atoms with van der Waals surface area (Å²) in [6, 6.07) is 16.3. The van der Waals surface area contributed by atoms with Gasteiger partial charge < -0.3 is 19.9 Å². The van der Waals surface area contributed by atoms with E-state index in [1.807, 2.05) is 30.0 Å². The second kappa shape index (κ2) is 9.87. The fraction of sp³-hybridized carbons (Fsp3) is 0.400.